The minimum absolute atomic E-state index is 0.136. The first-order chi connectivity index (χ1) is 11.0. The topological polar surface area (TPSA) is 75.6 Å². The van der Waals surface area contributed by atoms with Crippen molar-refractivity contribution in [2.75, 3.05) is 5.32 Å². The van der Waals surface area contributed by atoms with E-state index in [0.717, 1.165) is 0 Å². The van der Waals surface area contributed by atoms with Crippen LogP contribution in [0.1, 0.15) is 29.7 Å². The molecule has 0 spiro atoms. The summed E-state index contributed by atoms with van der Waals surface area (Å²) in [6, 6.07) is 0. The van der Waals surface area contributed by atoms with E-state index in [1.54, 1.807) is 25.5 Å². The Balaban J connectivity index is 2.15. The van der Waals surface area contributed by atoms with E-state index >= 15 is 0 Å². The number of rotatable bonds is 4. The van der Waals surface area contributed by atoms with Gasteiger partial charge in [0.05, 0.1) is 40.3 Å². The lowest BCUT2D eigenvalue weighted by Gasteiger charge is -2.14. The molecule has 2 aromatic rings. The Hall–Kier alpha value is -2.03. The Morgan fingerprint density at radius 3 is 2.50 bits per heavy atom. The zero-order chi connectivity index (χ0) is 18.2. The van der Waals surface area contributed by atoms with Crippen LogP contribution in [0.5, 0.6) is 0 Å². The summed E-state index contributed by atoms with van der Waals surface area (Å²) in [6.07, 6.45) is -4.65. The highest BCUT2D eigenvalue weighted by molar-refractivity contribution is 6.31. The van der Waals surface area contributed by atoms with Gasteiger partial charge in [-0.2, -0.15) is 23.4 Å². The Labute approximate surface area is 141 Å². The van der Waals surface area contributed by atoms with Crippen molar-refractivity contribution in [1.29, 1.82) is 0 Å². The highest BCUT2D eigenvalue weighted by Crippen LogP contribution is 2.34. The predicted octanol–water partition coefficient (Wildman–Crippen LogP) is 3.48. The molecule has 1 amide bonds. The molecule has 24 heavy (non-hydrogen) atoms. The molecule has 2 N–H and O–H groups in total. The number of halogens is 4. The standard InChI is InChI=1S/C14H17ClF3N5O/c1-6(5-23-9(4)10(15)7(2)22-23)13(24)19-11-8(3)20-21-12(11)14(16,17)18/h6H,5H2,1-4H3,(H,19,24)(H,20,21). The first kappa shape index (κ1) is 18.3. The van der Waals surface area contributed by atoms with Gasteiger partial charge in [0.2, 0.25) is 5.91 Å². The molecule has 2 aromatic heterocycles. The predicted molar refractivity (Wildman–Crippen MR) is 82.8 cm³/mol. The average Bonchev–Trinajstić information content (AvgIpc) is 2.95. The van der Waals surface area contributed by atoms with Crippen molar-refractivity contribution in [2.24, 2.45) is 5.92 Å². The van der Waals surface area contributed by atoms with Gasteiger partial charge in [-0.3, -0.25) is 14.6 Å². The molecule has 0 fully saturated rings. The normalized spacial score (nSPS) is 13.2. The van der Waals surface area contributed by atoms with Gasteiger partial charge in [0.25, 0.3) is 0 Å². The van der Waals surface area contributed by atoms with Crippen molar-refractivity contribution < 1.29 is 18.0 Å². The third-order valence-electron chi connectivity index (χ3n) is 3.65. The molecule has 0 aromatic carbocycles. The Bertz CT molecular complexity index is 765. The van der Waals surface area contributed by atoms with Crippen molar-refractivity contribution in [3.63, 3.8) is 0 Å². The summed E-state index contributed by atoms with van der Waals surface area (Å²) in [4.78, 5) is 12.3. The van der Waals surface area contributed by atoms with E-state index in [1.165, 1.54) is 6.92 Å². The maximum atomic E-state index is 12.9. The van der Waals surface area contributed by atoms with Crippen LogP contribution in [0.25, 0.3) is 0 Å². The Kier molecular flexibility index (Phi) is 4.93. The number of nitrogens with zero attached hydrogens (tertiary/aromatic N) is 3. The van der Waals surface area contributed by atoms with Crippen LogP contribution in [-0.4, -0.2) is 25.9 Å². The maximum absolute atomic E-state index is 12.9. The minimum Gasteiger partial charge on any atom is -0.322 e. The second kappa shape index (κ2) is 6.46. The van der Waals surface area contributed by atoms with Crippen molar-refractivity contribution in [3.05, 3.63) is 27.8 Å². The summed E-state index contributed by atoms with van der Waals surface area (Å²) in [5.41, 5.74) is -0.0337. The van der Waals surface area contributed by atoms with E-state index in [0.29, 0.717) is 16.4 Å². The molecule has 0 saturated carbocycles. The largest absolute Gasteiger partial charge is 0.437 e. The molecule has 1 unspecified atom stereocenters. The quantitative estimate of drug-likeness (QED) is 0.873. The molecule has 0 aliphatic heterocycles. The minimum atomic E-state index is -4.65. The van der Waals surface area contributed by atoms with Gasteiger partial charge >= 0.3 is 6.18 Å². The molecule has 0 radical (unpaired) electrons. The number of H-pyrrole nitrogens is 1. The smallest absolute Gasteiger partial charge is 0.322 e. The van der Waals surface area contributed by atoms with Gasteiger partial charge in [-0.25, -0.2) is 0 Å². The summed E-state index contributed by atoms with van der Waals surface area (Å²) < 4.78 is 40.3. The van der Waals surface area contributed by atoms with Gasteiger partial charge in [-0.1, -0.05) is 18.5 Å². The molecule has 0 aliphatic rings. The highest BCUT2D eigenvalue weighted by Gasteiger charge is 2.38. The van der Waals surface area contributed by atoms with Gasteiger partial charge < -0.3 is 5.32 Å². The van der Waals surface area contributed by atoms with Crippen molar-refractivity contribution in [3.8, 4) is 0 Å². The van der Waals surface area contributed by atoms with Crippen LogP contribution >= 0.6 is 11.6 Å². The number of anilines is 1. The van der Waals surface area contributed by atoms with E-state index in [-0.39, 0.29) is 17.9 Å². The molecule has 0 bridgehead atoms. The number of aromatic amines is 1. The van der Waals surface area contributed by atoms with E-state index < -0.39 is 23.7 Å². The Morgan fingerprint density at radius 1 is 1.38 bits per heavy atom. The van der Waals surface area contributed by atoms with Crippen LogP contribution in [0.2, 0.25) is 5.02 Å². The van der Waals surface area contributed by atoms with Crippen molar-refractivity contribution in [1.82, 2.24) is 20.0 Å². The Morgan fingerprint density at radius 2 is 2.00 bits per heavy atom. The number of amides is 1. The van der Waals surface area contributed by atoms with Gasteiger partial charge in [0.15, 0.2) is 5.69 Å². The number of aryl methyl sites for hydroxylation is 2. The van der Waals surface area contributed by atoms with Gasteiger partial charge in [-0.05, 0) is 20.8 Å². The second-order valence-corrected chi connectivity index (χ2v) is 6.01. The van der Waals surface area contributed by atoms with Crippen LogP contribution in [0.15, 0.2) is 0 Å². The third kappa shape index (κ3) is 3.55. The van der Waals surface area contributed by atoms with Gasteiger partial charge in [0, 0.05) is 0 Å². The zero-order valence-electron chi connectivity index (χ0n) is 13.5. The van der Waals surface area contributed by atoms with Crippen molar-refractivity contribution in [2.45, 2.75) is 40.4 Å². The van der Waals surface area contributed by atoms with Crippen LogP contribution < -0.4 is 5.32 Å². The fourth-order valence-electron chi connectivity index (χ4n) is 2.23. The molecule has 10 heteroatoms. The number of alkyl halides is 3. The fraction of sp³-hybridized carbons (Fsp3) is 0.500. The average molecular weight is 364 g/mol. The zero-order valence-corrected chi connectivity index (χ0v) is 14.3. The first-order valence-corrected chi connectivity index (χ1v) is 7.52. The summed E-state index contributed by atoms with van der Waals surface area (Å²) in [7, 11) is 0. The lowest BCUT2D eigenvalue weighted by atomic mass is 10.1. The van der Waals surface area contributed by atoms with Gasteiger partial charge in [-0.15, -0.1) is 0 Å². The molecule has 0 saturated heterocycles. The summed E-state index contributed by atoms with van der Waals surface area (Å²) >= 11 is 6.05. The van der Waals surface area contributed by atoms with Crippen LogP contribution in [0.4, 0.5) is 18.9 Å². The number of carbonyl (C=O) groups excluding carboxylic acids is 1. The molecule has 6 nitrogen and oxygen atoms in total. The lowest BCUT2D eigenvalue weighted by molar-refractivity contribution is -0.140. The van der Waals surface area contributed by atoms with E-state index in [1.807, 2.05) is 0 Å². The molecule has 0 aliphatic carbocycles. The van der Waals surface area contributed by atoms with Crippen LogP contribution in [0, 0.1) is 26.7 Å². The van der Waals surface area contributed by atoms with Crippen LogP contribution in [0.3, 0.4) is 0 Å². The summed E-state index contributed by atoms with van der Waals surface area (Å²) in [6.45, 7) is 6.70. The molecule has 2 heterocycles. The molecule has 1 atom stereocenters. The maximum Gasteiger partial charge on any atom is 0.437 e. The fourth-order valence-corrected chi connectivity index (χ4v) is 2.36. The SMILES string of the molecule is Cc1nn(CC(C)C(=O)Nc2c(C(F)(F)F)n[nH]c2C)c(C)c1Cl. The number of hydrogen-bond donors (Lipinski definition) is 2. The second-order valence-electron chi connectivity index (χ2n) is 5.63. The summed E-state index contributed by atoms with van der Waals surface area (Å²) in [5, 5.41) is 12.5. The summed E-state index contributed by atoms with van der Waals surface area (Å²) in [5.74, 6) is -1.18. The van der Waals surface area contributed by atoms with E-state index in [9.17, 15) is 18.0 Å². The van der Waals surface area contributed by atoms with Crippen molar-refractivity contribution >= 4 is 23.2 Å². The molecule has 2 rings (SSSR count). The van der Waals surface area contributed by atoms with E-state index in [2.05, 4.69) is 20.6 Å². The molecular formula is C14H17ClF3N5O. The third-order valence-corrected chi connectivity index (χ3v) is 4.20. The molecular weight excluding hydrogens is 347 g/mol. The number of nitrogens with one attached hydrogen (secondary N) is 2. The van der Waals surface area contributed by atoms with Gasteiger partial charge in [0.1, 0.15) is 0 Å². The number of aromatic nitrogens is 4. The number of hydrogen-bond acceptors (Lipinski definition) is 3. The molecule has 132 valence electrons. The number of carbonyl (C=O) groups is 1. The lowest BCUT2D eigenvalue weighted by Crippen LogP contribution is -2.26. The monoisotopic (exact) mass is 363 g/mol. The first-order valence-electron chi connectivity index (χ1n) is 7.14. The van der Waals surface area contributed by atoms with E-state index in [4.69, 9.17) is 11.6 Å². The highest BCUT2D eigenvalue weighted by atomic mass is 35.5. The van der Waals surface area contributed by atoms with Crippen LogP contribution in [-0.2, 0) is 17.5 Å².